The van der Waals surface area contributed by atoms with Gasteiger partial charge in [-0.05, 0) is 24.6 Å². The van der Waals surface area contributed by atoms with E-state index in [2.05, 4.69) is 5.10 Å². The van der Waals surface area contributed by atoms with Crippen LogP contribution < -0.4 is 10.5 Å². The zero-order valence-electron chi connectivity index (χ0n) is 9.77. The summed E-state index contributed by atoms with van der Waals surface area (Å²) in [5.74, 6) is 0.361. The fourth-order valence-corrected chi connectivity index (χ4v) is 1.61. The van der Waals surface area contributed by atoms with Crippen LogP contribution in [0.5, 0.6) is 5.75 Å². The van der Waals surface area contributed by atoms with Crippen LogP contribution in [0.2, 0.25) is 0 Å². The summed E-state index contributed by atoms with van der Waals surface area (Å²) in [6.07, 6.45) is 1.62. The first-order valence-electron chi connectivity index (χ1n) is 5.33. The maximum absolute atomic E-state index is 13.7. The molecule has 0 saturated carbocycles. The van der Waals surface area contributed by atoms with Crippen LogP contribution in [-0.4, -0.2) is 16.4 Å². The highest BCUT2D eigenvalue weighted by atomic mass is 19.1. The van der Waals surface area contributed by atoms with Gasteiger partial charge in [-0.25, -0.2) is 4.39 Å². The quantitative estimate of drug-likeness (QED) is 0.887. The second-order valence-corrected chi connectivity index (χ2v) is 3.65. The Labute approximate surface area is 98.8 Å². The van der Waals surface area contributed by atoms with Gasteiger partial charge in [0.15, 0.2) is 11.6 Å². The molecular formula is C12H14FN3O. The van der Waals surface area contributed by atoms with E-state index in [1.165, 1.54) is 6.07 Å². The Morgan fingerprint density at radius 2 is 2.24 bits per heavy atom. The van der Waals surface area contributed by atoms with Crippen LogP contribution >= 0.6 is 0 Å². The molecule has 0 aliphatic heterocycles. The predicted molar refractivity (Wildman–Crippen MR) is 64.2 cm³/mol. The average Bonchev–Trinajstić information content (AvgIpc) is 2.63. The van der Waals surface area contributed by atoms with Crippen molar-refractivity contribution in [3.05, 3.63) is 30.2 Å². The first kappa shape index (κ1) is 11.4. The Morgan fingerprint density at radius 3 is 2.76 bits per heavy atom. The molecule has 1 aromatic heterocycles. The maximum Gasteiger partial charge on any atom is 0.165 e. The van der Waals surface area contributed by atoms with Gasteiger partial charge in [-0.1, -0.05) is 6.07 Å². The molecule has 0 unspecified atom stereocenters. The number of benzene rings is 1. The van der Waals surface area contributed by atoms with Crippen LogP contribution in [-0.2, 0) is 7.05 Å². The summed E-state index contributed by atoms with van der Waals surface area (Å²) in [5.41, 5.74) is 7.24. The molecule has 0 aliphatic carbocycles. The molecule has 17 heavy (non-hydrogen) atoms. The largest absolute Gasteiger partial charge is 0.491 e. The number of halogens is 1. The van der Waals surface area contributed by atoms with Crippen LogP contribution in [0.3, 0.4) is 0 Å². The molecule has 0 aliphatic rings. The molecule has 2 aromatic rings. The summed E-state index contributed by atoms with van der Waals surface area (Å²) in [6.45, 7) is 2.25. The van der Waals surface area contributed by atoms with E-state index in [1.807, 2.05) is 6.92 Å². The molecule has 2 rings (SSSR count). The second-order valence-electron chi connectivity index (χ2n) is 3.65. The standard InChI is InChI=1S/C12H14FN3O/c1-3-17-11-5-4-8(6-10(11)13)9-7-15-16(2)12(9)14/h4-7H,3,14H2,1-2H3. The molecule has 4 nitrogen and oxygen atoms in total. The fourth-order valence-electron chi connectivity index (χ4n) is 1.61. The Balaban J connectivity index is 2.41. The molecule has 90 valence electrons. The minimum atomic E-state index is -0.396. The Bertz CT molecular complexity index is 537. The van der Waals surface area contributed by atoms with Crippen molar-refractivity contribution < 1.29 is 9.13 Å². The molecule has 0 saturated heterocycles. The van der Waals surface area contributed by atoms with Crippen LogP contribution in [0.15, 0.2) is 24.4 Å². The summed E-state index contributed by atoms with van der Waals surface area (Å²) < 4.78 is 20.3. The highest BCUT2D eigenvalue weighted by molar-refractivity contribution is 5.73. The molecule has 0 atom stereocenters. The first-order chi connectivity index (χ1) is 8.13. The van der Waals surface area contributed by atoms with Crippen molar-refractivity contribution in [3.63, 3.8) is 0 Å². The van der Waals surface area contributed by atoms with E-state index in [4.69, 9.17) is 10.5 Å². The number of ether oxygens (including phenoxy) is 1. The smallest absolute Gasteiger partial charge is 0.165 e. The van der Waals surface area contributed by atoms with Crippen LogP contribution in [0.1, 0.15) is 6.92 Å². The second kappa shape index (κ2) is 4.45. The zero-order valence-corrected chi connectivity index (χ0v) is 9.77. The normalized spacial score (nSPS) is 10.5. The minimum absolute atomic E-state index is 0.249. The summed E-state index contributed by atoms with van der Waals surface area (Å²) >= 11 is 0. The lowest BCUT2D eigenvalue weighted by atomic mass is 10.1. The van der Waals surface area contributed by atoms with Crippen molar-refractivity contribution in [2.45, 2.75) is 6.92 Å². The summed E-state index contributed by atoms with van der Waals surface area (Å²) in [7, 11) is 1.74. The number of nitrogens with two attached hydrogens (primary N) is 1. The number of nitrogens with zero attached hydrogens (tertiary/aromatic N) is 2. The average molecular weight is 235 g/mol. The molecule has 0 bridgehead atoms. The molecule has 0 fully saturated rings. The molecule has 0 spiro atoms. The number of rotatable bonds is 3. The van der Waals surface area contributed by atoms with Crippen LogP contribution in [0.4, 0.5) is 10.2 Å². The minimum Gasteiger partial charge on any atom is -0.491 e. The van der Waals surface area contributed by atoms with Gasteiger partial charge in [0.1, 0.15) is 5.82 Å². The van der Waals surface area contributed by atoms with Crippen LogP contribution in [0, 0.1) is 5.82 Å². The summed E-state index contributed by atoms with van der Waals surface area (Å²) in [6, 6.07) is 4.76. The van der Waals surface area contributed by atoms with E-state index < -0.39 is 5.82 Å². The Hall–Kier alpha value is -2.04. The van der Waals surface area contributed by atoms with E-state index in [9.17, 15) is 4.39 Å². The highest BCUT2D eigenvalue weighted by Crippen LogP contribution is 2.28. The predicted octanol–water partition coefficient (Wildman–Crippen LogP) is 2.21. The number of anilines is 1. The molecule has 2 N–H and O–H groups in total. The van der Waals surface area contributed by atoms with Crippen molar-refractivity contribution >= 4 is 5.82 Å². The summed E-state index contributed by atoms with van der Waals surface area (Å²) in [4.78, 5) is 0. The molecular weight excluding hydrogens is 221 g/mol. The van der Waals surface area contributed by atoms with Crippen molar-refractivity contribution in [3.8, 4) is 16.9 Å². The van der Waals surface area contributed by atoms with E-state index >= 15 is 0 Å². The zero-order chi connectivity index (χ0) is 12.4. The SMILES string of the molecule is CCOc1ccc(-c2cnn(C)c2N)cc1F. The van der Waals surface area contributed by atoms with Crippen molar-refractivity contribution in [2.24, 2.45) is 7.05 Å². The van der Waals surface area contributed by atoms with Gasteiger partial charge in [0.25, 0.3) is 0 Å². The lowest BCUT2D eigenvalue weighted by Gasteiger charge is -2.06. The van der Waals surface area contributed by atoms with Gasteiger partial charge < -0.3 is 10.5 Å². The van der Waals surface area contributed by atoms with E-state index in [1.54, 1.807) is 30.1 Å². The third-order valence-electron chi connectivity index (χ3n) is 2.53. The van der Waals surface area contributed by atoms with Crippen molar-refractivity contribution in [1.29, 1.82) is 0 Å². The van der Waals surface area contributed by atoms with Gasteiger partial charge in [0.05, 0.1) is 12.8 Å². The maximum atomic E-state index is 13.7. The monoisotopic (exact) mass is 235 g/mol. The number of hydrogen-bond acceptors (Lipinski definition) is 3. The van der Waals surface area contributed by atoms with Crippen LogP contribution in [0.25, 0.3) is 11.1 Å². The molecule has 0 amide bonds. The van der Waals surface area contributed by atoms with E-state index in [0.29, 0.717) is 18.0 Å². The third kappa shape index (κ3) is 2.08. The molecule has 1 aromatic carbocycles. The van der Waals surface area contributed by atoms with Gasteiger partial charge in [-0.2, -0.15) is 5.10 Å². The van der Waals surface area contributed by atoms with Gasteiger partial charge in [0.2, 0.25) is 0 Å². The molecule has 1 heterocycles. The lowest BCUT2D eigenvalue weighted by molar-refractivity contribution is 0.321. The lowest BCUT2D eigenvalue weighted by Crippen LogP contribution is -1.98. The number of aryl methyl sites for hydroxylation is 1. The van der Waals surface area contributed by atoms with Gasteiger partial charge in [0, 0.05) is 12.6 Å². The third-order valence-corrected chi connectivity index (χ3v) is 2.53. The number of aromatic nitrogens is 2. The number of hydrogen-bond donors (Lipinski definition) is 1. The molecule has 0 radical (unpaired) electrons. The topological polar surface area (TPSA) is 53.1 Å². The van der Waals surface area contributed by atoms with Gasteiger partial charge >= 0.3 is 0 Å². The number of nitrogen functional groups attached to an aromatic ring is 1. The first-order valence-corrected chi connectivity index (χ1v) is 5.33. The van der Waals surface area contributed by atoms with E-state index in [-0.39, 0.29) is 5.75 Å². The Morgan fingerprint density at radius 1 is 1.47 bits per heavy atom. The van der Waals surface area contributed by atoms with Crippen molar-refractivity contribution in [1.82, 2.24) is 9.78 Å². The Kier molecular flexibility index (Phi) is 2.99. The highest BCUT2D eigenvalue weighted by Gasteiger charge is 2.10. The van der Waals surface area contributed by atoms with Crippen molar-refractivity contribution in [2.75, 3.05) is 12.3 Å². The fraction of sp³-hybridized carbons (Fsp3) is 0.250. The van der Waals surface area contributed by atoms with Gasteiger partial charge in [-0.3, -0.25) is 4.68 Å². The van der Waals surface area contributed by atoms with E-state index in [0.717, 1.165) is 5.56 Å². The summed E-state index contributed by atoms with van der Waals surface area (Å²) in [5, 5.41) is 4.02. The molecule has 5 heteroatoms. The van der Waals surface area contributed by atoms with Gasteiger partial charge in [-0.15, -0.1) is 0 Å².